The normalized spacial score (nSPS) is 12.4. The second kappa shape index (κ2) is 5.79. The number of pyridine rings is 1. The molecule has 0 amide bonds. The minimum atomic E-state index is 0.320. The number of hydrogen-bond acceptors (Lipinski definition) is 6. The predicted molar refractivity (Wildman–Crippen MR) is 74.1 cm³/mol. The van der Waals surface area contributed by atoms with Crippen molar-refractivity contribution in [1.29, 1.82) is 0 Å². The molecule has 0 aromatic carbocycles. The summed E-state index contributed by atoms with van der Waals surface area (Å²) in [4.78, 5) is 10.6. The molecule has 6 nitrogen and oxygen atoms in total. The van der Waals surface area contributed by atoms with Gasteiger partial charge in [-0.3, -0.25) is 0 Å². The largest absolute Gasteiger partial charge is 0.363 e. The highest BCUT2D eigenvalue weighted by Crippen LogP contribution is 2.20. The molecule has 1 unspecified atom stereocenters. The van der Waals surface area contributed by atoms with Crippen LogP contribution < -0.4 is 10.2 Å². The van der Waals surface area contributed by atoms with E-state index in [9.17, 15) is 0 Å². The van der Waals surface area contributed by atoms with Crippen LogP contribution in [-0.2, 0) is 6.42 Å². The van der Waals surface area contributed by atoms with E-state index in [0.717, 1.165) is 17.8 Å². The second-order valence-corrected chi connectivity index (χ2v) is 4.71. The molecule has 0 saturated heterocycles. The van der Waals surface area contributed by atoms with Crippen LogP contribution in [0.2, 0.25) is 0 Å². The van der Waals surface area contributed by atoms with E-state index in [1.54, 1.807) is 6.20 Å². The number of likely N-dealkylation sites (N-methyl/N-ethyl adjacent to an activating group) is 1. The Balaban J connectivity index is 2.20. The number of nitrogens with one attached hydrogen (secondary N) is 1. The fraction of sp³-hybridized carbons (Fsp3) is 0.462. The molecule has 2 rings (SSSR count). The maximum atomic E-state index is 5.30. The van der Waals surface area contributed by atoms with Gasteiger partial charge in [-0.25, -0.2) is 4.98 Å². The van der Waals surface area contributed by atoms with Crippen molar-refractivity contribution in [3.05, 3.63) is 24.2 Å². The van der Waals surface area contributed by atoms with Gasteiger partial charge in [0.05, 0.1) is 0 Å². The molecule has 6 heteroatoms. The molecule has 0 spiro atoms. The fourth-order valence-electron chi connectivity index (χ4n) is 1.63. The van der Waals surface area contributed by atoms with Gasteiger partial charge in [-0.2, -0.15) is 4.98 Å². The smallest absolute Gasteiger partial charge is 0.258 e. The minimum absolute atomic E-state index is 0.320. The van der Waals surface area contributed by atoms with Crippen LogP contribution in [0.1, 0.15) is 12.7 Å². The molecule has 1 atom stereocenters. The average molecular weight is 261 g/mol. The highest BCUT2D eigenvalue weighted by molar-refractivity contribution is 5.58. The molecule has 0 saturated carbocycles. The molecule has 2 aromatic heterocycles. The molecule has 2 heterocycles. The van der Waals surface area contributed by atoms with E-state index in [1.165, 1.54) is 0 Å². The van der Waals surface area contributed by atoms with Crippen molar-refractivity contribution in [3.63, 3.8) is 0 Å². The molecule has 0 radical (unpaired) electrons. The van der Waals surface area contributed by atoms with Gasteiger partial charge in [-0.05, 0) is 26.1 Å². The van der Waals surface area contributed by atoms with Gasteiger partial charge in [0.2, 0.25) is 0 Å². The molecular weight excluding hydrogens is 242 g/mol. The Bertz CT molecular complexity index is 537. The van der Waals surface area contributed by atoms with Crippen molar-refractivity contribution in [3.8, 4) is 11.5 Å². The SMILES string of the molecule is CNC(C)Cc1noc(-c2ccnc(N(C)C)c2)n1. The van der Waals surface area contributed by atoms with E-state index in [0.29, 0.717) is 17.8 Å². The summed E-state index contributed by atoms with van der Waals surface area (Å²) in [7, 11) is 5.80. The molecule has 1 N–H and O–H groups in total. The van der Waals surface area contributed by atoms with E-state index >= 15 is 0 Å². The van der Waals surface area contributed by atoms with E-state index < -0.39 is 0 Å². The number of nitrogens with zero attached hydrogens (tertiary/aromatic N) is 4. The summed E-state index contributed by atoms with van der Waals surface area (Å²) >= 11 is 0. The molecule has 0 aliphatic heterocycles. The molecule has 0 fully saturated rings. The molecule has 0 aliphatic carbocycles. The Kier molecular flexibility index (Phi) is 4.11. The molecule has 19 heavy (non-hydrogen) atoms. The van der Waals surface area contributed by atoms with Crippen molar-refractivity contribution in [2.75, 3.05) is 26.0 Å². The van der Waals surface area contributed by atoms with Crippen LogP contribution >= 0.6 is 0 Å². The van der Waals surface area contributed by atoms with Crippen LogP contribution in [0.25, 0.3) is 11.5 Å². The number of rotatable bonds is 5. The lowest BCUT2D eigenvalue weighted by molar-refractivity contribution is 0.418. The third-order valence-electron chi connectivity index (χ3n) is 2.90. The molecule has 0 aliphatic rings. The van der Waals surface area contributed by atoms with Crippen LogP contribution in [0.4, 0.5) is 5.82 Å². The maximum absolute atomic E-state index is 5.30. The summed E-state index contributed by atoms with van der Waals surface area (Å²) in [6.07, 6.45) is 2.48. The highest BCUT2D eigenvalue weighted by atomic mass is 16.5. The van der Waals surface area contributed by atoms with Gasteiger partial charge < -0.3 is 14.7 Å². The number of anilines is 1. The van der Waals surface area contributed by atoms with Crippen LogP contribution in [0, 0.1) is 0 Å². The maximum Gasteiger partial charge on any atom is 0.258 e. The molecule has 2 aromatic rings. The Hall–Kier alpha value is -1.95. The van der Waals surface area contributed by atoms with Gasteiger partial charge in [0.1, 0.15) is 5.82 Å². The van der Waals surface area contributed by atoms with Gasteiger partial charge in [0, 0.05) is 38.3 Å². The Morgan fingerprint density at radius 1 is 1.42 bits per heavy atom. The summed E-state index contributed by atoms with van der Waals surface area (Å²) in [6, 6.07) is 4.12. The fourth-order valence-corrected chi connectivity index (χ4v) is 1.63. The summed E-state index contributed by atoms with van der Waals surface area (Å²) in [5.41, 5.74) is 0.884. The van der Waals surface area contributed by atoms with Crippen LogP contribution in [0.15, 0.2) is 22.9 Å². The molecular formula is C13H19N5O. The molecule has 102 valence electrons. The summed E-state index contributed by atoms with van der Waals surface area (Å²) in [5.74, 6) is 2.10. The van der Waals surface area contributed by atoms with Gasteiger partial charge in [0.25, 0.3) is 5.89 Å². The Morgan fingerprint density at radius 3 is 2.89 bits per heavy atom. The van der Waals surface area contributed by atoms with Crippen molar-refractivity contribution in [2.45, 2.75) is 19.4 Å². The number of hydrogen-bond donors (Lipinski definition) is 1. The topological polar surface area (TPSA) is 67.1 Å². The predicted octanol–water partition coefficient (Wildman–Crippen LogP) is 1.35. The van der Waals surface area contributed by atoms with Gasteiger partial charge >= 0.3 is 0 Å². The lowest BCUT2D eigenvalue weighted by atomic mass is 10.2. The van der Waals surface area contributed by atoms with E-state index in [2.05, 4.69) is 27.4 Å². The zero-order valence-corrected chi connectivity index (χ0v) is 11.7. The Labute approximate surface area is 112 Å². The van der Waals surface area contributed by atoms with Crippen molar-refractivity contribution >= 4 is 5.82 Å². The van der Waals surface area contributed by atoms with Crippen LogP contribution in [0.3, 0.4) is 0 Å². The lowest BCUT2D eigenvalue weighted by Crippen LogP contribution is -2.24. The van der Waals surface area contributed by atoms with Crippen LogP contribution in [-0.4, -0.2) is 42.3 Å². The van der Waals surface area contributed by atoms with Crippen molar-refractivity contribution in [2.24, 2.45) is 0 Å². The first-order valence-corrected chi connectivity index (χ1v) is 6.23. The zero-order valence-electron chi connectivity index (χ0n) is 11.7. The Morgan fingerprint density at radius 2 is 2.21 bits per heavy atom. The van der Waals surface area contributed by atoms with Gasteiger partial charge in [0.15, 0.2) is 5.82 Å². The van der Waals surface area contributed by atoms with E-state index in [4.69, 9.17) is 4.52 Å². The average Bonchev–Trinajstić information content (AvgIpc) is 2.87. The van der Waals surface area contributed by atoms with Crippen LogP contribution in [0.5, 0.6) is 0 Å². The standard InChI is InChI=1S/C13H19N5O/c1-9(14-2)7-11-16-13(19-17-11)10-5-6-15-12(8-10)18(3)4/h5-6,8-9,14H,7H2,1-4H3. The minimum Gasteiger partial charge on any atom is -0.363 e. The van der Waals surface area contributed by atoms with Gasteiger partial charge in [-0.15, -0.1) is 0 Å². The van der Waals surface area contributed by atoms with E-state index in [1.807, 2.05) is 38.2 Å². The summed E-state index contributed by atoms with van der Waals surface area (Å²) in [5, 5.41) is 7.14. The van der Waals surface area contributed by atoms with E-state index in [-0.39, 0.29) is 0 Å². The third-order valence-corrected chi connectivity index (χ3v) is 2.90. The summed E-state index contributed by atoms with van der Waals surface area (Å²) < 4.78 is 5.30. The first-order chi connectivity index (χ1) is 9.10. The first kappa shape index (κ1) is 13.5. The van der Waals surface area contributed by atoms with Crippen molar-refractivity contribution < 1.29 is 4.52 Å². The highest BCUT2D eigenvalue weighted by Gasteiger charge is 2.12. The molecule has 0 bridgehead atoms. The monoisotopic (exact) mass is 261 g/mol. The lowest BCUT2D eigenvalue weighted by Gasteiger charge is -2.10. The quantitative estimate of drug-likeness (QED) is 0.876. The number of aromatic nitrogens is 3. The van der Waals surface area contributed by atoms with Crippen molar-refractivity contribution in [1.82, 2.24) is 20.4 Å². The third kappa shape index (κ3) is 3.29. The summed E-state index contributed by atoms with van der Waals surface area (Å²) in [6.45, 7) is 2.08. The van der Waals surface area contributed by atoms with Gasteiger partial charge in [-0.1, -0.05) is 5.16 Å². The first-order valence-electron chi connectivity index (χ1n) is 6.23. The second-order valence-electron chi connectivity index (χ2n) is 4.71. The zero-order chi connectivity index (χ0) is 13.8.